The van der Waals surface area contributed by atoms with Crippen molar-refractivity contribution in [3.05, 3.63) is 71.3 Å². The summed E-state index contributed by atoms with van der Waals surface area (Å²) in [6, 6.07) is 10.3. The van der Waals surface area contributed by atoms with E-state index in [4.69, 9.17) is 21.5 Å². The van der Waals surface area contributed by atoms with E-state index in [0.29, 0.717) is 16.6 Å². The standard InChI is InChI=1S/C25H26F2N4O2S/c1-14(2)11-12-31-15(3)21(22(28-25(31)34)16-5-8-18(26)9-6-16)24-29-23(30-33-24)17-7-10-20(32-4)19(27)13-17/h5-10,13-14,22H,11-12H2,1-4H3,(H,28,34). The Hall–Kier alpha value is -3.33. The van der Waals surface area contributed by atoms with Crippen LogP contribution in [0.3, 0.4) is 0 Å². The quantitative estimate of drug-likeness (QED) is 0.430. The summed E-state index contributed by atoms with van der Waals surface area (Å²) in [5.41, 5.74) is 2.87. The fraction of sp³-hybridized carbons (Fsp3) is 0.320. The number of allylic oxidation sites excluding steroid dienone is 1. The molecule has 1 unspecified atom stereocenters. The minimum Gasteiger partial charge on any atom is -0.494 e. The Morgan fingerprint density at radius 3 is 2.56 bits per heavy atom. The molecule has 0 saturated heterocycles. The van der Waals surface area contributed by atoms with Gasteiger partial charge in [0.05, 0.1) is 18.7 Å². The maximum atomic E-state index is 14.2. The molecule has 2 heterocycles. The normalized spacial score (nSPS) is 16.3. The molecule has 0 fully saturated rings. The minimum absolute atomic E-state index is 0.133. The lowest BCUT2D eigenvalue weighted by molar-refractivity contribution is 0.386. The fourth-order valence-corrected chi connectivity index (χ4v) is 4.22. The van der Waals surface area contributed by atoms with Crippen LogP contribution < -0.4 is 10.1 Å². The number of hydrogen-bond acceptors (Lipinski definition) is 5. The van der Waals surface area contributed by atoms with Gasteiger partial charge in [-0.25, -0.2) is 8.78 Å². The molecule has 0 amide bonds. The van der Waals surface area contributed by atoms with Gasteiger partial charge < -0.3 is 19.5 Å². The maximum absolute atomic E-state index is 14.2. The van der Waals surface area contributed by atoms with Crippen LogP contribution in [-0.2, 0) is 0 Å². The average Bonchev–Trinajstić information content (AvgIpc) is 3.28. The molecule has 1 aliphatic heterocycles. The van der Waals surface area contributed by atoms with Crippen molar-refractivity contribution in [3.8, 4) is 17.1 Å². The lowest BCUT2D eigenvalue weighted by atomic mass is 9.94. The van der Waals surface area contributed by atoms with Crippen LogP contribution in [0, 0.1) is 17.6 Å². The van der Waals surface area contributed by atoms with Gasteiger partial charge in [-0.2, -0.15) is 4.98 Å². The predicted octanol–water partition coefficient (Wildman–Crippen LogP) is 5.73. The zero-order valence-electron chi connectivity index (χ0n) is 19.4. The first-order valence-corrected chi connectivity index (χ1v) is 11.4. The van der Waals surface area contributed by atoms with Crippen LogP contribution in [0.2, 0.25) is 0 Å². The lowest BCUT2D eigenvalue weighted by Gasteiger charge is -2.37. The first-order valence-electron chi connectivity index (χ1n) is 11.0. The Balaban J connectivity index is 1.77. The Morgan fingerprint density at radius 1 is 1.18 bits per heavy atom. The van der Waals surface area contributed by atoms with Crippen molar-refractivity contribution in [1.29, 1.82) is 0 Å². The lowest BCUT2D eigenvalue weighted by Crippen LogP contribution is -2.46. The molecule has 0 bridgehead atoms. The van der Waals surface area contributed by atoms with Gasteiger partial charge in [0.25, 0.3) is 5.89 Å². The van der Waals surface area contributed by atoms with Crippen LogP contribution in [-0.4, -0.2) is 33.8 Å². The van der Waals surface area contributed by atoms with Crippen molar-refractivity contribution in [2.75, 3.05) is 13.7 Å². The Morgan fingerprint density at radius 2 is 1.91 bits per heavy atom. The van der Waals surface area contributed by atoms with E-state index in [2.05, 4.69) is 29.3 Å². The van der Waals surface area contributed by atoms with E-state index < -0.39 is 11.9 Å². The molecule has 0 saturated carbocycles. The largest absolute Gasteiger partial charge is 0.494 e. The number of benzene rings is 2. The smallest absolute Gasteiger partial charge is 0.258 e. The van der Waals surface area contributed by atoms with Gasteiger partial charge in [0.15, 0.2) is 16.7 Å². The van der Waals surface area contributed by atoms with Crippen LogP contribution in [0.1, 0.15) is 44.7 Å². The van der Waals surface area contributed by atoms with E-state index in [0.717, 1.165) is 29.8 Å². The summed E-state index contributed by atoms with van der Waals surface area (Å²) in [6.45, 7) is 6.98. The Kier molecular flexibility index (Phi) is 6.92. The highest BCUT2D eigenvalue weighted by atomic mass is 32.1. The number of halogens is 2. The van der Waals surface area contributed by atoms with Crippen LogP contribution in [0.5, 0.6) is 5.75 Å². The van der Waals surface area contributed by atoms with Gasteiger partial charge in [0.2, 0.25) is 5.82 Å². The van der Waals surface area contributed by atoms with Gasteiger partial charge in [-0.1, -0.05) is 31.1 Å². The number of ether oxygens (including phenoxy) is 1. The monoisotopic (exact) mass is 484 g/mol. The minimum atomic E-state index is -0.518. The molecular weight excluding hydrogens is 458 g/mol. The molecule has 9 heteroatoms. The summed E-state index contributed by atoms with van der Waals surface area (Å²) in [6.07, 6.45) is 0.938. The summed E-state index contributed by atoms with van der Waals surface area (Å²) in [5, 5.41) is 8.01. The van der Waals surface area contributed by atoms with E-state index >= 15 is 0 Å². The van der Waals surface area contributed by atoms with Gasteiger partial charge in [0, 0.05) is 17.8 Å². The zero-order chi connectivity index (χ0) is 24.4. The van der Waals surface area contributed by atoms with Gasteiger partial charge in [-0.3, -0.25) is 0 Å². The van der Waals surface area contributed by atoms with Crippen LogP contribution in [0.15, 0.2) is 52.7 Å². The van der Waals surface area contributed by atoms with Gasteiger partial charge in [-0.05, 0) is 67.4 Å². The summed E-state index contributed by atoms with van der Waals surface area (Å²) in [4.78, 5) is 6.59. The second-order valence-electron chi connectivity index (χ2n) is 8.54. The molecule has 1 N–H and O–H groups in total. The predicted molar refractivity (Wildman–Crippen MR) is 130 cm³/mol. The number of thiocarbonyl (C=S) groups is 1. The average molecular weight is 485 g/mol. The highest BCUT2D eigenvalue weighted by molar-refractivity contribution is 7.80. The third kappa shape index (κ3) is 4.79. The van der Waals surface area contributed by atoms with E-state index in [1.165, 1.54) is 31.4 Å². The molecule has 178 valence electrons. The first kappa shape index (κ1) is 23.8. The molecule has 34 heavy (non-hydrogen) atoms. The third-order valence-electron chi connectivity index (χ3n) is 5.80. The number of nitrogens with one attached hydrogen (secondary N) is 1. The van der Waals surface area contributed by atoms with E-state index in [-0.39, 0.29) is 23.3 Å². The molecule has 1 aliphatic rings. The molecule has 0 radical (unpaired) electrons. The van der Waals surface area contributed by atoms with Crippen LogP contribution >= 0.6 is 12.2 Å². The Labute approximate surface area is 202 Å². The van der Waals surface area contributed by atoms with Crippen molar-refractivity contribution in [1.82, 2.24) is 20.4 Å². The molecule has 0 spiro atoms. The highest BCUT2D eigenvalue weighted by Gasteiger charge is 2.34. The molecular formula is C25H26F2N4O2S. The number of aromatic nitrogens is 2. The van der Waals surface area contributed by atoms with Crippen LogP contribution in [0.4, 0.5) is 8.78 Å². The van der Waals surface area contributed by atoms with Gasteiger partial charge in [0.1, 0.15) is 5.82 Å². The van der Waals surface area contributed by atoms with E-state index in [1.807, 2.05) is 11.8 Å². The highest BCUT2D eigenvalue weighted by Crippen LogP contribution is 2.38. The molecule has 1 aromatic heterocycles. The molecule has 2 aromatic carbocycles. The number of nitrogens with zero attached hydrogens (tertiary/aromatic N) is 3. The number of hydrogen-bond donors (Lipinski definition) is 1. The summed E-state index contributed by atoms with van der Waals surface area (Å²) in [5.74, 6) is 0.307. The van der Waals surface area contributed by atoms with Gasteiger partial charge >= 0.3 is 0 Å². The molecule has 6 nitrogen and oxygen atoms in total. The molecule has 1 atom stereocenters. The van der Waals surface area contributed by atoms with Crippen molar-refractivity contribution >= 4 is 22.9 Å². The second kappa shape index (κ2) is 9.89. The SMILES string of the molecule is COc1ccc(-c2noc(C3=C(C)N(CCC(C)C)C(=S)NC3c3ccc(F)cc3)n2)cc1F. The van der Waals surface area contributed by atoms with Crippen molar-refractivity contribution < 1.29 is 18.0 Å². The van der Waals surface area contributed by atoms with Crippen molar-refractivity contribution in [3.63, 3.8) is 0 Å². The third-order valence-corrected chi connectivity index (χ3v) is 6.13. The molecule has 3 aromatic rings. The summed E-state index contributed by atoms with van der Waals surface area (Å²) >= 11 is 5.67. The second-order valence-corrected chi connectivity index (χ2v) is 8.93. The van der Waals surface area contributed by atoms with E-state index in [9.17, 15) is 8.78 Å². The van der Waals surface area contributed by atoms with Gasteiger partial charge in [-0.15, -0.1) is 0 Å². The van der Waals surface area contributed by atoms with Crippen molar-refractivity contribution in [2.45, 2.75) is 33.2 Å². The number of rotatable bonds is 7. The summed E-state index contributed by atoms with van der Waals surface area (Å²) < 4.78 is 38.5. The van der Waals surface area contributed by atoms with E-state index in [1.54, 1.807) is 18.2 Å². The number of methoxy groups -OCH3 is 1. The Bertz CT molecular complexity index is 1220. The topological polar surface area (TPSA) is 63.4 Å². The first-order chi connectivity index (χ1) is 16.3. The zero-order valence-corrected chi connectivity index (χ0v) is 20.2. The molecule has 4 rings (SSSR count). The van der Waals surface area contributed by atoms with Crippen LogP contribution in [0.25, 0.3) is 17.0 Å². The fourth-order valence-electron chi connectivity index (χ4n) is 3.88. The van der Waals surface area contributed by atoms with Crippen molar-refractivity contribution in [2.24, 2.45) is 5.92 Å². The molecule has 0 aliphatic carbocycles. The summed E-state index contributed by atoms with van der Waals surface area (Å²) in [7, 11) is 1.40. The maximum Gasteiger partial charge on any atom is 0.258 e.